The standard InChI is InChI=1S/C27H26N2O4/c1-2-16-33-22-12-6-10-20(17-22)25(30)23-24(21-11-7-14-28-18-21)29(27(32)26(23)31)15-13-19-8-4-3-5-9-19/h3-12,14,17-18,24,30H,2,13,15-16H2,1H3/b25-23+. The Labute approximate surface area is 193 Å². The van der Waals surface area contributed by atoms with E-state index in [2.05, 4.69) is 4.98 Å². The van der Waals surface area contributed by atoms with Crippen LogP contribution in [0, 0.1) is 0 Å². The minimum absolute atomic E-state index is 0.0636. The molecule has 0 spiro atoms. The summed E-state index contributed by atoms with van der Waals surface area (Å²) in [5.74, 6) is -0.947. The van der Waals surface area contributed by atoms with Crippen molar-refractivity contribution >= 4 is 17.4 Å². The van der Waals surface area contributed by atoms with Crippen molar-refractivity contribution in [1.82, 2.24) is 9.88 Å². The largest absolute Gasteiger partial charge is 0.507 e. The van der Waals surface area contributed by atoms with Crippen LogP contribution in [0.4, 0.5) is 0 Å². The summed E-state index contributed by atoms with van der Waals surface area (Å²) in [6.07, 6.45) is 4.70. The average molecular weight is 443 g/mol. The molecule has 6 heteroatoms. The van der Waals surface area contributed by atoms with Gasteiger partial charge in [0, 0.05) is 24.5 Å². The molecule has 1 amide bonds. The van der Waals surface area contributed by atoms with Gasteiger partial charge >= 0.3 is 0 Å². The number of hydrogen-bond acceptors (Lipinski definition) is 5. The van der Waals surface area contributed by atoms with Crippen molar-refractivity contribution in [1.29, 1.82) is 0 Å². The molecule has 2 heterocycles. The summed E-state index contributed by atoms with van der Waals surface area (Å²) >= 11 is 0. The lowest BCUT2D eigenvalue weighted by atomic mass is 9.96. The van der Waals surface area contributed by atoms with Crippen LogP contribution in [0.15, 0.2) is 84.7 Å². The van der Waals surface area contributed by atoms with E-state index in [9.17, 15) is 14.7 Å². The van der Waals surface area contributed by atoms with Gasteiger partial charge in [-0.15, -0.1) is 0 Å². The molecule has 1 atom stereocenters. The number of Topliss-reactive ketones (excluding diaryl/α,β-unsaturated/α-hetero) is 1. The predicted octanol–water partition coefficient (Wildman–Crippen LogP) is 4.53. The van der Waals surface area contributed by atoms with Crippen LogP contribution in [-0.2, 0) is 16.0 Å². The summed E-state index contributed by atoms with van der Waals surface area (Å²) in [5.41, 5.74) is 2.22. The van der Waals surface area contributed by atoms with Crippen molar-refractivity contribution in [3.63, 3.8) is 0 Å². The van der Waals surface area contributed by atoms with Gasteiger partial charge in [0.15, 0.2) is 0 Å². The molecule has 1 N–H and O–H groups in total. The molecule has 168 valence electrons. The molecule has 6 nitrogen and oxygen atoms in total. The maximum atomic E-state index is 13.1. The van der Waals surface area contributed by atoms with E-state index in [1.54, 1.807) is 42.7 Å². The molecule has 1 aliphatic rings. The number of likely N-dealkylation sites (tertiary alicyclic amines) is 1. The Hall–Kier alpha value is -3.93. The summed E-state index contributed by atoms with van der Waals surface area (Å²) in [6, 6.07) is 19.6. The summed E-state index contributed by atoms with van der Waals surface area (Å²) in [5, 5.41) is 11.2. The van der Waals surface area contributed by atoms with Crippen molar-refractivity contribution in [2.45, 2.75) is 25.8 Å². The Balaban J connectivity index is 1.74. The van der Waals surface area contributed by atoms with Gasteiger partial charge in [0.25, 0.3) is 11.7 Å². The number of aliphatic hydroxyl groups is 1. The zero-order valence-electron chi connectivity index (χ0n) is 18.5. The van der Waals surface area contributed by atoms with Gasteiger partial charge < -0.3 is 14.7 Å². The summed E-state index contributed by atoms with van der Waals surface area (Å²) in [4.78, 5) is 31.9. The number of hydrogen-bond donors (Lipinski definition) is 1. The fourth-order valence-electron chi connectivity index (χ4n) is 4.00. The van der Waals surface area contributed by atoms with Crippen molar-refractivity contribution in [3.05, 3.63) is 101 Å². The van der Waals surface area contributed by atoms with E-state index >= 15 is 0 Å². The number of nitrogens with zero attached hydrogens (tertiary/aromatic N) is 2. The Morgan fingerprint density at radius 3 is 2.61 bits per heavy atom. The van der Waals surface area contributed by atoms with Gasteiger partial charge in [-0.25, -0.2) is 0 Å². The maximum Gasteiger partial charge on any atom is 0.295 e. The molecule has 2 aromatic carbocycles. The number of aliphatic hydroxyl groups excluding tert-OH is 1. The highest BCUT2D eigenvalue weighted by Gasteiger charge is 2.45. The molecule has 0 radical (unpaired) electrons. The number of aromatic nitrogens is 1. The van der Waals surface area contributed by atoms with E-state index in [0.29, 0.717) is 36.4 Å². The molecule has 0 saturated carbocycles. The number of carbonyl (C=O) groups is 2. The van der Waals surface area contributed by atoms with Gasteiger partial charge in [-0.05, 0) is 42.2 Å². The number of rotatable bonds is 8. The molecular weight excluding hydrogens is 416 g/mol. The van der Waals surface area contributed by atoms with Crippen molar-refractivity contribution in [2.75, 3.05) is 13.2 Å². The summed E-state index contributed by atoms with van der Waals surface area (Å²) in [6.45, 7) is 2.89. The molecule has 1 fully saturated rings. The fraction of sp³-hybridized carbons (Fsp3) is 0.222. The third-order valence-corrected chi connectivity index (χ3v) is 5.60. The second kappa shape index (κ2) is 10.1. The Morgan fingerprint density at radius 1 is 1.06 bits per heavy atom. The number of ether oxygens (including phenoxy) is 1. The van der Waals surface area contributed by atoms with Gasteiger partial charge in [0.05, 0.1) is 18.2 Å². The van der Waals surface area contributed by atoms with Crippen LogP contribution in [-0.4, -0.2) is 39.8 Å². The lowest BCUT2D eigenvalue weighted by Crippen LogP contribution is -2.31. The highest BCUT2D eigenvalue weighted by atomic mass is 16.5. The zero-order valence-corrected chi connectivity index (χ0v) is 18.5. The molecule has 4 rings (SSSR count). The van der Waals surface area contributed by atoms with Crippen LogP contribution in [0.25, 0.3) is 5.76 Å². The minimum Gasteiger partial charge on any atom is -0.507 e. The highest BCUT2D eigenvalue weighted by Crippen LogP contribution is 2.39. The van der Waals surface area contributed by atoms with Crippen molar-refractivity contribution < 1.29 is 19.4 Å². The summed E-state index contributed by atoms with van der Waals surface area (Å²) in [7, 11) is 0. The quantitative estimate of drug-likeness (QED) is 0.315. The lowest BCUT2D eigenvalue weighted by Gasteiger charge is -2.25. The molecule has 33 heavy (non-hydrogen) atoms. The van der Waals surface area contributed by atoms with Crippen molar-refractivity contribution in [2.24, 2.45) is 0 Å². The first-order chi connectivity index (χ1) is 16.1. The van der Waals surface area contributed by atoms with Crippen LogP contribution in [0.3, 0.4) is 0 Å². The molecule has 3 aromatic rings. The Morgan fingerprint density at radius 2 is 1.88 bits per heavy atom. The monoisotopic (exact) mass is 442 g/mol. The first kappa shape index (κ1) is 22.3. The first-order valence-corrected chi connectivity index (χ1v) is 11.1. The van der Waals surface area contributed by atoms with Gasteiger partial charge in [-0.1, -0.05) is 55.5 Å². The average Bonchev–Trinajstić information content (AvgIpc) is 3.12. The van der Waals surface area contributed by atoms with Gasteiger partial charge in [0.1, 0.15) is 11.5 Å². The highest BCUT2D eigenvalue weighted by molar-refractivity contribution is 6.46. The van der Waals surface area contributed by atoms with Crippen LogP contribution >= 0.6 is 0 Å². The van der Waals surface area contributed by atoms with Crippen molar-refractivity contribution in [3.8, 4) is 5.75 Å². The molecular formula is C27H26N2O4. The van der Waals surface area contributed by atoms with Crippen LogP contribution in [0.2, 0.25) is 0 Å². The normalized spacial score (nSPS) is 17.4. The van der Waals surface area contributed by atoms with Crippen LogP contribution < -0.4 is 4.74 Å². The van der Waals surface area contributed by atoms with E-state index in [1.165, 1.54) is 4.90 Å². The molecule has 1 aliphatic heterocycles. The van der Waals surface area contributed by atoms with E-state index in [0.717, 1.165) is 12.0 Å². The number of carbonyl (C=O) groups excluding carboxylic acids is 2. The van der Waals surface area contributed by atoms with Gasteiger partial charge in [0.2, 0.25) is 0 Å². The maximum absolute atomic E-state index is 13.1. The topological polar surface area (TPSA) is 79.7 Å². The SMILES string of the molecule is CCCOc1cccc(/C(O)=C2\C(=O)C(=O)N(CCc3ccccc3)C2c2cccnc2)c1. The smallest absolute Gasteiger partial charge is 0.295 e. The molecule has 1 aromatic heterocycles. The van der Waals surface area contributed by atoms with Gasteiger partial charge in [-0.3, -0.25) is 14.6 Å². The number of amides is 1. The van der Waals surface area contributed by atoms with Gasteiger partial charge in [-0.2, -0.15) is 0 Å². The van der Waals surface area contributed by atoms with E-state index < -0.39 is 17.7 Å². The second-order valence-corrected chi connectivity index (χ2v) is 7.89. The Bertz CT molecular complexity index is 1160. The molecule has 0 aliphatic carbocycles. The second-order valence-electron chi connectivity index (χ2n) is 7.89. The number of pyridine rings is 1. The number of ketones is 1. The number of benzene rings is 2. The van der Waals surface area contributed by atoms with E-state index in [4.69, 9.17) is 4.74 Å². The molecule has 1 unspecified atom stereocenters. The van der Waals surface area contributed by atoms with Crippen LogP contribution in [0.1, 0.15) is 36.1 Å². The molecule has 1 saturated heterocycles. The fourth-order valence-corrected chi connectivity index (χ4v) is 4.00. The Kier molecular flexibility index (Phi) is 6.83. The van der Waals surface area contributed by atoms with Crippen LogP contribution in [0.5, 0.6) is 5.75 Å². The minimum atomic E-state index is -0.720. The lowest BCUT2D eigenvalue weighted by molar-refractivity contribution is -0.139. The predicted molar refractivity (Wildman–Crippen MR) is 126 cm³/mol. The zero-order chi connectivity index (χ0) is 23.2. The van der Waals surface area contributed by atoms with E-state index in [-0.39, 0.29) is 11.3 Å². The van der Waals surface area contributed by atoms with E-state index in [1.807, 2.05) is 43.3 Å². The third kappa shape index (κ3) is 4.80. The third-order valence-electron chi connectivity index (χ3n) is 5.60. The summed E-state index contributed by atoms with van der Waals surface area (Å²) < 4.78 is 5.67. The molecule has 0 bridgehead atoms. The first-order valence-electron chi connectivity index (χ1n) is 11.1.